The standard InChI is InChI=1S/C6H7NO2/c8-5-3-1-2-4-7-6(5)9/h2,4H,1,3H2,(H,7,9). The van der Waals surface area contributed by atoms with E-state index in [2.05, 4.69) is 5.32 Å². The van der Waals surface area contributed by atoms with Crippen molar-refractivity contribution in [3.8, 4) is 0 Å². The Kier molecular flexibility index (Phi) is 1.63. The second-order valence-corrected chi connectivity index (χ2v) is 1.84. The van der Waals surface area contributed by atoms with Crippen molar-refractivity contribution in [3.05, 3.63) is 12.3 Å². The summed E-state index contributed by atoms with van der Waals surface area (Å²) >= 11 is 0. The quantitative estimate of drug-likeness (QED) is 0.462. The second-order valence-electron chi connectivity index (χ2n) is 1.84. The number of carbonyl (C=O) groups is 2. The number of Topliss-reactive ketones (excluding diaryl/α,β-unsaturated/α-hetero) is 1. The van der Waals surface area contributed by atoms with Gasteiger partial charge in [0.1, 0.15) is 0 Å². The Morgan fingerprint density at radius 1 is 1.44 bits per heavy atom. The Balaban J connectivity index is 2.63. The molecule has 1 amide bonds. The molecule has 0 spiro atoms. The summed E-state index contributed by atoms with van der Waals surface area (Å²) in [7, 11) is 0. The minimum atomic E-state index is -0.497. The average Bonchev–Trinajstić information content (AvgIpc) is 1.99. The third-order valence-electron chi connectivity index (χ3n) is 1.12. The van der Waals surface area contributed by atoms with Crippen LogP contribution in [0.1, 0.15) is 12.8 Å². The Bertz CT molecular complexity index is 172. The maximum Gasteiger partial charge on any atom is 0.291 e. The van der Waals surface area contributed by atoms with Crippen molar-refractivity contribution in [2.75, 3.05) is 0 Å². The van der Waals surface area contributed by atoms with Gasteiger partial charge in [-0.1, -0.05) is 6.08 Å². The van der Waals surface area contributed by atoms with Gasteiger partial charge in [0.05, 0.1) is 0 Å². The highest BCUT2D eigenvalue weighted by Crippen LogP contribution is 1.95. The van der Waals surface area contributed by atoms with Crippen molar-refractivity contribution < 1.29 is 9.59 Å². The summed E-state index contributed by atoms with van der Waals surface area (Å²) < 4.78 is 0. The molecule has 3 heteroatoms. The largest absolute Gasteiger partial charge is 0.326 e. The van der Waals surface area contributed by atoms with Gasteiger partial charge in [-0.15, -0.1) is 0 Å². The molecule has 0 bridgehead atoms. The first-order valence-corrected chi connectivity index (χ1v) is 2.79. The van der Waals surface area contributed by atoms with E-state index in [1.807, 2.05) is 0 Å². The Labute approximate surface area is 52.7 Å². The van der Waals surface area contributed by atoms with Crippen molar-refractivity contribution in [3.63, 3.8) is 0 Å². The zero-order valence-corrected chi connectivity index (χ0v) is 4.89. The van der Waals surface area contributed by atoms with E-state index in [4.69, 9.17) is 0 Å². The fourth-order valence-corrected chi connectivity index (χ4v) is 0.626. The van der Waals surface area contributed by atoms with E-state index < -0.39 is 5.91 Å². The predicted octanol–water partition coefficient (Wildman–Crippen LogP) is -0.0208. The maximum absolute atomic E-state index is 10.6. The topological polar surface area (TPSA) is 46.2 Å². The highest BCUT2D eigenvalue weighted by Gasteiger charge is 2.11. The molecule has 1 rings (SSSR count). The van der Waals surface area contributed by atoms with Crippen LogP contribution in [-0.2, 0) is 9.59 Å². The van der Waals surface area contributed by atoms with Gasteiger partial charge < -0.3 is 5.32 Å². The van der Waals surface area contributed by atoms with Crippen molar-refractivity contribution in [2.24, 2.45) is 0 Å². The van der Waals surface area contributed by atoms with Crippen LogP contribution in [0.15, 0.2) is 12.3 Å². The molecule has 9 heavy (non-hydrogen) atoms. The molecule has 0 aromatic heterocycles. The van der Waals surface area contributed by atoms with Crippen molar-refractivity contribution >= 4 is 11.7 Å². The van der Waals surface area contributed by atoms with Crippen LogP contribution in [0.5, 0.6) is 0 Å². The zero-order valence-electron chi connectivity index (χ0n) is 4.89. The second kappa shape index (κ2) is 2.44. The zero-order chi connectivity index (χ0) is 6.69. The summed E-state index contributed by atoms with van der Waals surface area (Å²) in [5.41, 5.74) is 0. The SMILES string of the molecule is O=C1CCC=CNC1=O. The predicted molar refractivity (Wildman–Crippen MR) is 31.5 cm³/mol. The monoisotopic (exact) mass is 125 g/mol. The number of carbonyl (C=O) groups excluding carboxylic acids is 2. The lowest BCUT2D eigenvalue weighted by Crippen LogP contribution is -2.24. The van der Waals surface area contributed by atoms with Gasteiger partial charge in [0, 0.05) is 12.6 Å². The minimum absolute atomic E-state index is 0.333. The Hall–Kier alpha value is -1.12. The van der Waals surface area contributed by atoms with E-state index in [0.29, 0.717) is 12.8 Å². The molecule has 0 radical (unpaired) electrons. The molecule has 1 heterocycles. The third-order valence-corrected chi connectivity index (χ3v) is 1.12. The van der Waals surface area contributed by atoms with Crippen LogP contribution in [0.3, 0.4) is 0 Å². The molecule has 1 aliphatic rings. The van der Waals surface area contributed by atoms with Gasteiger partial charge in [-0.05, 0) is 6.42 Å². The fraction of sp³-hybridized carbons (Fsp3) is 0.333. The first-order valence-electron chi connectivity index (χ1n) is 2.79. The Morgan fingerprint density at radius 3 is 3.00 bits per heavy atom. The molecule has 1 aliphatic heterocycles. The third kappa shape index (κ3) is 1.38. The van der Waals surface area contributed by atoms with E-state index in [0.717, 1.165) is 0 Å². The van der Waals surface area contributed by atoms with Gasteiger partial charge in [0.15, 0.2) is 0 Å². The number of hydrogen-bond donors (Lipinski definition) is 1. The van der Waals surface area contributed by atoms with Gasteiger partial charge in [-0.2, -0.15) is 0 Å². The number of hydrogen-bond acceptors (Lipinski definition) is 2. The van der Waals surface area contributed by atoms with E-state index >= 15 is 0 Å². The molecule has 0 saturated carbocycles. The molecule has 48 valence electrons. The summed E-state index contributed by atoms with van der Waals surface area (Å²) in [5, 5.41) is 2.33. The Morgan fingerprint density at radius 2 is 2.22 bits per heavy atom. The number of ketones is 1. The molecule has 0 unspecified atom stereocenters. The van der Waals surface area contributed by atoms with Crippen LogP contribution in [0.4, 0.5) is 0 Å². The van der Waals surface area contributed by atoms with Crippen LogP contribution < -0.4 is 5.32 Å². The number of rotatable bonds is 0. The smallest absolute Gasteiger partial charge is 0.291 e. The lowest BCUT2D eigenvalue weighted by atomic mass is 10.2. The molecular formula is C6H7NO2. The van der Waals surface area contributed by atoms with Gasteiger partial charge in [-0.3, -0.25) is 9.59 Å². The summed E-state index contributed by atoms with van der Waals surface area (Å²) in [4.78, 5) is 21.1. The summed E-state index contributed by atoms with van der Waals surface area (Å²) in [6, 6.07) is 0. The summed E-state index contributed by atoms with van der Waals surface area (Å²) in [5.74, 6) is -0.830. The van der Waals surface area contributed by atoms with Gasteiger partial charge >= 0.3 is 0 Å². The summed E-state index contributed by atoms with van der Waals surface area (Å²) in [6.07, 6.45) is 4.27. The van der Waals surface area contributed by atoms with Crippen molar-refractivity contribution in [1.82, 2.24) is 5.32 Å². The first-order chi connectivity index (χ1) is 4.30. The molecule has 3 nitrogen and oxygen atoms in total. The van der Waals surface area contributed by atoms with E-state index in [1.54, 1.807) is 6.08 Å². The van der Waals surface area contributed by atoms with Crippen LogP contribution >= 0.6 is 0 Å². The lowest BCUT2D eigenvalue weighted by Gasteiger charge is -1.90. The van der Waals surface area contributed by atoms with Gasteiger partial charge in [-0.25, -0.2) is 0 Å². The molecular weight excluding hydrogens is 118 g/mol. The normalized spacial score (nSPS) is 19.1. The maximum atomic E-state index is 10.6. The number of amides is 1. The molecule has 0 saturated heterocycles. The van der Waals surface area contributed by atoms with Crippen LogP contribution in [0.25, 0.3) is 0 Å². The molecule has 0 atom stereocenters. The number of nitrogens with one attached hydrogen (secondary N) is 1. The van der Waals surface area contributed by atoms with Gasteiger partial charge in [0.25, 0.3) is 5.91 Å². The first kappa shape index (κ1) is 6.01. The minimum Gasteiger partial charge on any atom is -0.326 e. The van der Waals surface area contributed by atoms with E-state index in [9.17, 15) is 9.59 Å². The van der Waals surface area contributed by atoms with Crippen LogP contribution in [-0.4, -0.2) is 11.7 Å². The van der Waals surface area contributed by atoms with Crippen LogP contribution in [0, 0.1) is 0 Å². The lowest BCUT2D eigenvalue weighted by molar-refractivity contribution is -0.137. The highest BCUT2D eigenvalue weighted by atomic mass is 16.2. The highest BCUT2D eigenvalue weighted by molar-refractivity contribution is 6.36. The number of allylic oxidation sites excluding steroid dienone is 1. The molecule has 0 aromatic rings. The molecule has 0 aromatic carbocycles. The molecule has 0 aliphatic carbocycles. The van der Waals surface area contributed by atoms with Crippen molar-refractivity contribution in [2.45, 2.75) is 12.8 Å². The van der Waals surface area contributed by atoms with E-state index in [1.165, 1.54) is 6.20 Å². The van der Waals surface area contributed by atoms with Crippen molar-refractivity contribution in [1.29, 1.82) is 0 Å². The van der Waals surface area contributed by atoms with Crippen LogP contribution in [0.2, 0.25) is 0 Å². The molecule has 1 N–H and O–H groups in total. The summed E-state index contributed by atoms with van der Waals surface area (Å²) in [6.45, 7) is 0. The average molecular weight is 125 g/mol. The fourth-order valence-electron chi connectivity index (χ4n) is 0.626. The molecule has 0 fully saturated rings. The van der Waals surface area contributed by atoms with Gasteiger partial charge in [0.2, 0.25) is 5.78 Å². The van der Waals surface area contributed by atoms with E-state index in [-0.39, 0.29) is 5.78 Å².